The van der Waals surface area contributed by atoms with Gasteiger partial charge in [0, 0.05) is 6.08 Å². The number of aryl methyl sites for hydroxylation is 1. The smallest absolute Gasteiger partial charge is 0.339 e. The summed E-state index contributed by atoms with van der Waals surface area (Å²) >= 11 is 0. The Bertz CT molecular complexity index is 853. The van der Waals surface area contributed by atoms with Crippen molar-refractivity contribution < 1.29 is 23.9 Å². The van der Waals surface area contributed by atoms with E-state index in [1.54, 1.807) is 6.08 Å². The first-order valence-corrected chi connectivity index (χ1v) is 7.81. The maximum Gasteiger partial charge on any atom is 0.339 e. The van der Waals surface area contributed by atoms with E-state index < -0.39 is 17.8 Å². The Balaban J connectivity index is 2.24. The van der Waals surface area contributed by atoms with Crippen LogP contribution < -0.4 is 5.32 Å². The Labute approximate surface area is 151 Å². The summed E-state index contributed by atoms with van der Waals surface area (Å²) in [7, 11) is 2.48. The van der Waals surface area contributed by atoms with Crippen LogP contribution in [0.25, 0.3) is 6.08 Å². The van der Waals surface area contributed by atoms with Crippen LogP contribution in [0.1, 0.15) is 31.8 Å². The molecule has 1 N–H and O–H groups in total. The molecule has 0 fully saturated rings. The van der Waals surface area contributed by atoms with E-state index in [0.717, 1.165) is 11.1 Å². The van der Waals surface area contributed by atoms with Crippen LogP contribution in [0.2, 0.25) is 0 Å². The van der Waals surface area contributed by atoms with Gasteiger partial charge in [-0.05, 0) is 36.8 Å². The Morgan fingerprint density at radius 2 is 1.58 bits per heavy atom. The number of benzene rings is 2. The van der Waals surface area contributed by atoms with E-state index in [1.807, 2.05) is 31.2 Å². The third-order valence-corrected chi connectivity index (χ3v) is 3.61. The van der Waals surface area contributed by atoms with E-state index in [4.69, 9.17) is 4.74 Å². The molecule has 0 saturated heterocycles. The van der Waals surface area contributed by atoms with E-state index in [9.17, 15) is 14.4 Å². The van der Waals surface area contributed by atoms with Crippen LogP contribution in [0.3, 0.4) is 0 Å². The molecule has 2 aromatic rings. The van der Waals surface area contributed by atoms with Gasteiger partial charge in [0.25, 0.3) is 0 Å². The molecule has 26 heavy (non-hydrogen) atoms. The molecule has 6 nitrogen and oxygen atoms in total. The number of anilines is 1. The fourth-order valence-electron chi connectivity index (χ4n) is 2.20. The lowest BCUT2D eigenvalue weighted by Crippen LogP contribution is -2.14. The lowest BCUT2D eigenvalue weighted by Gasteiger charge is -2.10. The van der Waals surface area contributed by atoms with Crippen molar-refractivity contribution in [2.75, 3.05) is 19.5 Å². The van der Waals surface area contributed by atoms with Gasteiger partial charge in [-0.2, -0.15) is 0 Å². The second-order valence-electron chi connectivity index (χ2n) is 5.48. The molecule has 0 heterocycles. The normalized spacial score (nSPS) is 10.4. The van der Waals surface area contributed by atoms with Crippen LogP contribution >= 0.6 is 0 Å². The number of nitrogens with one attached hydrogen (secondary N) is 1. The number of carbonyl (C=O) groups excluding carboxylic acids is 3. The Morgan fingerprint density at radius 1 is 0.923 bits per heavy atom. The number of hydrogen-bond acceptors (Lipinski definition) is 5. The second-order valence-corrected chi connectivity index (χ2v) is 5.48. The highest BCUT2D eigenvalue weighted by Crippen LogP contribution is 2.20. The molecular weight excluding hydrogens is 334 g/mol. The minimum Gasteiger partial charge on any atom is -0.465 e. The first-order chi connectivity index (χ1) is 12.4. The van der Waals surface area contributed by atoms with Gasteiger partial charge in [0.1, 0.15) is 0 Å². The van der Waals surface area contributed by atoms with Crippen LogP contribution in [0.15, 0.2) is 48.5 Å². The monoisotopic (exact) mass is 353 g/mol. The topological polar surface area (TPSA) is 81.7 Å². The maximum atomic E-state index is 12.2. The zero-order valence-corrected chi connectivity index (χ0v) is 14.7. The average Bonchev–Trinajstić information content (AvgIpc) is 2.66. The van der Waals surface area contributed by atoms with E-state index >= 15 is 0 Å². The number of rotatable bonds is 5. The van der Waals surface area contributed by atoms with Crippen molar-refractivity contribution >= 4 is 29.6 Å². The predicted molar refractivity (Wildman–Crippen MR) is 98.0 cm³/mol. The summed E-state index contributed by atoms with van der Waals surface area (Å²) in [5, 5.41) is 2.59. The molecule has 134 valence electrons. The molecule has 0 atom stereocenters. The number of ether oxygens (including phenoxy) is 2. The fraction of sp³-hybridized carbons (Fsp3) is 0.150. The first-order valence-electron chi connectivity index (χ1n) is 7.81. The minimum atomic E-state index is -0.626. The second kappa shape index (κ2) is 8.62. The quantitative estimate of drug-likeness (QED) is 0.659. The average molecular weight is 353 g/mol. The van der Waals surface area contributed by atoms with Gasteiger partial charge in [-0.1, -0.05) is 29.8 Å². The van der Waals surface area contributed by atoms with Gasteiger partial charge in [-0.15, -0.1) is 0 Å². The van der Waals surface area contributed by atoms with Gasteiger partial charge in [0.2, 0.25) is 5.91 Å². The lowest BCUT2D eigenvalue weighted by atomic mass is 10.1. The third kappa shape index (κ3) is 4.80. The van der Waals surface area contributed by atoms with E-state index in [1.165, 1.54) is 38.5 Å². The summed E-state index contributed by atoms with van der Waals surface area (Å²) in [5.41, 5.74) is 2.49. The number of esters is 2. The highest BCUT2D eigenvalue weighted by molar-refractivity contribution is 6.07. The molecular formula is C20H19NO5. The summed E-state index contributed by atoms with van der Waals surface area (Å²) in [6.07, 6.45) is 2.99. The summed E-state index contributed by atoms with van der Waals surface area (Å²) in [6.45, 7) is 1.98. The van der Waals surface area contributed by atoms with Gasteiger partial charge < -0.3 is 14.8 Å². The van der Waals surface area contributed by atoms with Crippen molar-refractivity contribution in [3.63, 3.8) is 0 Å². The summed E-state index contributed by atoms with van der Waals surface area (Å²) in [6, 6.07) is 11.8. The summed E-state index contributed by atoms with van der Waals surface area (Å²) in [5.74, 6) is -1.65. The number of carbonyl (C=O) groups is 3. The molecule has 6 heteroatoms. The number of hydrogen-bond donors (Lipinski definition) is 1. The maximum absolute atomic E-state index is 12.2. The predicted octanol–water partition coefficient (Wildman–Crippen LogP) is 3.22. The molecule has 0 radical (unpaired) electrons. The number of methoxy groups -OCH3 is 2. The van der Waals surface area contributed by atoms with Gasteiger partial charge in [0.05, 0.1) is 31.0 Å². The zero-order valence-electron chi connectivity index (χ0n) is 14.7. The summed E-state index contributed by atoms with van der Waals surface area (Å²) in [4.78, 5) is 35.7. The van der Waals surface area contributed by atoms with Crippen molar-refractivity contribution in [1.82, 2.24) is 0 Å². The molecule has 0 bridgehead atoms. The Kier molecular flexibility index (Phi) is 6.27. The zero-order chi connectivity index (χ0) is 19.1. The molecule has 0 saturated carbocycles. The molecule has 0 spiro atoms. The minimum absolute atomic E-state index is 0.136. The Hall–Kier alpha value is -3.41. The van der Waals surface area contributed by atoms with Gasteiger partial charge in [-0.3, -0.25) is 4.79 Å². The molecule has 0 unspecified atom stereocenters. The summed E-state index contributed by atoms with van der Waals surface area (Å²) < 4.78 is 9.36. The SMILES string of the molecule is COC(=O)c1ccc(C(=O)OC)c(NC(=O)/C=C/c2ccc(C)cc2)c1. The molecule has 0 aliphatic heterocycles. The van der Waals surface area contributed by atoms with Crippen LogP contribution in [-0.2, 0) is 14.3 Å². The van der Waals surface area contributed by atoms with Crippen molar-refractivity contribution in [1.29, 1.82) is 0 Å². The molecule has 0 aliphatic carbocycles. The lowest BCUT2D eigenvalue weighted by molar-refractivity contribution is -0.111. The van der Waals surface area contributed by atoms with Gasteiger partial charge >= 0.3 is 11.9 Å². The van der Waals surface area contributed by atoms with Crippen LogP contribution in [-0.4, -0.2) is 32.1 Å². The molecule has 2 rings (SSSR count). The van der Waals surface area contributed by atoms with Crippen molar-refractivity contribution in [3.8, 4) is 0 Å². The molecule has 0 aromatic heterocycles. The largest absolute Gasteiger partial charge is 0.465 e. The molecule has 0 aliphatic rings. The van der Waals surface area contributed by atoms with Crippen LogP contribution in [0, 0.1) is 6.92 Å². The Morgan fingerprint density at radius 3 is 2.19 bits per heavy atom. The fourth-order valence-corrected chi connectivity index (χ4v) is 2.20. The van der Waals surface area contributed by atoms with Crippen molar-refractivity contribution in [3.05, 3.63) is 70.8 Å². The number of amides is 1. The van der Waals surface area contributed by atoms with Crippen LogP contribution in [0.4, 0.5) is 5.69 Å². The van der Waals surface area contributed by atoms with Gasteiger partial charge in [0.15, 0.2) is 0 Å². The van der Waals surface area contributed by atoms with E-state index in [2.05, 4.69) is 10.1 Å². The molecule has 1 amide bonds. The van der Waals surface area contributed by atoms with Crippen LogP contribution in [0.5, 0.6) is 0 Å². The molecule has 2 aromatic carbocycles. The van der Waals surface area contributed by atoms with E-state index in [0.29, 0.717) is 0 Å². The standard InChI is InChI=1S/C20H19NO5/c1-13-4-6-14(7-5-13)8-11-18(22)21-17-12-15(19(23)25-2)9-10-16(17)20(24)26-3/h4-12H,1-3H3,(H,21,22)/b11-8+. The highest BCUT2D eigenvalue weighted by atomic mass is 16.5. The van der Waals surface area contributed by atoms with E-state index in [-0.39, 0.29) is 16.8 Å². The first kappa shape index (κ1) is 18.9. The van der Waals surface area contributed by atoms with Gasteiger partial charge in [-0.25, -0.2) is 9.59 Å². The van der Waals surface area contributed by atoms with Crippen molar-refractivity contribution in [2.24, 2.45) is 0 Å². The highest BCUT2D eigenvalue weighted by Gasteiger charge is 2.16. The third-order valence-electron chi connectivity index (χ3n) is 3.61. The van der Waals surface area contributed by atoms with Crippen molar-refractivity contribution in [2.45, 2.75) is 6.92 Å².